The van der Waals surface area contributed by atoms with E-state index < -0.39 is 6.10 Å². The number of hydrogen-bond donors (Lipinski definition) is 2. The topological polar surface area (TPSA) is 88.5 Å². The fourth-order valence-corrected chi connectivity index (χ4v) is 1.96. The number of ether oxygens (including phenoxy) is 2. The average molecular weight is 249 g/mol. The van der Waals surface area contributed by atoms with Gasteiger partial charge in [-0.05, 0) is 26.7 Å². The fraction of sp³-hybridized carbons (Fsp3) is 0.900. The molecule has 7 nitrogen and oxygen atoms in total. The normalized spacial score (nSPS) is 29.0. The van der Waals surface area contributed by atoms with Gasteiger partial charge in [0, 0.05) is 7.11 Å². The van der Waals surface area contributed by atoms with Crippen molar-refractivity contribution in [2.45, 2.75) is 45.0 Å². The molecule has 0 amide bonds. The minimum atomic E-state index is -0.570. The molecule has 0 heterocycles. The number of rotatable bonds is 5. The molecule has 3 atom stereocenters. The Bertz CT molecular complexity index is 257. The van der Waals surface area contributed by atoms with E-state index in [0.29, 0.717) is 12.8 Å². The SMILES string of the molecule is CO[C@H]1CC(C(=O)OC(C)C)CC1ON(O)O. The lowest BCUT2D eigenvalue weighted by Crippen LogP contribution is -2.31. The molecule has 17 heavy (non-hydrogen) atoms. The molecular formula is C10H19NO6. The summed E-state index contributed by atoms with van der Waals surface area (Å²) in [5.74, 6) is -0.650. The summed E-state index contributed by atoms with van der Waals surface area (Å²) in [7, 11) is 1.48. The Hall–Kier alpha value is -0.730. The van der Waals surface area contributed by atoms with E-state index in [0.717, 1.165) is 0 Å². The van der Waals surface area contributed by atoms with Crippen LogP contribution >= 0.6 is 0 Å². The van der Waals surface area contributed by atoms with Gasteiger partial charge in [-0.25, -0.2) is 4.84 Å². The summed E-state index contributed by atoms with van der Waals surface area (Å²) < 4.78 is 10.2. The van der Waals surface area contributed by atoms with E-state index in [2.05, 4.69) is 0 Å². The molecule has 1 aliphatic rings. The van der Waals surface area contributed by atoms with E-state index in [9.17, 15) is 4.79 Å². The van der Waals surface area contributed by atoms with Crippen LogP contribution in [0.15, 0.2) is 0 Å². The second kappa shape index (κ2) is 6.27. The van der Waals surface area contributed by atoms with Crippen molar-refractivity contribution < 1.29 is 29.5 Å². The second-order valence-corrected chi connectivity index (χ2v) is 4.32. The first-order valence-electron chi connectivity index (χ1n) is 5.52. The van der Waals surface area contributed by atoms with Crippen LogP contribution in [-0.4, -0.2) is 47.2 Å². The zero-order valence-electron chi connectivity index (χ0n) is 10.2. The minimum Gasteiger partial charge on any atom is -0.463 e. The van der Waals surface area contributed by atoms with E-state index in [1.54, 1.807) is 13.8 Å². The highest BCUT2D eigenvalue weighted by Crippen LogP contribution is 2.31. The number of carbonyl (C=O) groups is 1. The maximum Gasteiger partial charge on any atom is 0.309 e. The van der Waals surface area contributed by atoms with Crippen LogP contribution in [0.2, 0.25) is 0 Å². The summed E-state index contributed by atoms with van der Waals surface area (Å²) in [6, 6.07) is 0. The largest absolute Gasteiger partial charge is 0.463 e. The van der Waals surface area contributed by atoms with Crippen LogP contribution in [0.25, 0.3) is 0 Å². The molecule has 100 valence electrons. The summed E-state index contributed by atoms with van der Waals surface area (Å²) in [6.07, 6.45) is -0.320. The lowest BCUT2D eigenvalue weighted by atomic mass is 10.1. The summed E-state index contributed by atoms with van der Waals surface area (Å²) in [5.41, 5.74) is 0. The molecule has 1 fully saturated rings. The smallest absolute Gasteiger partial charge is 0.309 e. The van der Waals surface area contributed by atoms with Crippen molar-refractivity contribution in [3.8, 4) is 0 Å². The number of esters is 1. The standard InChI is InChI=1S/C10H19NO6/c1-6(2)16-10(12)7-4-8(15-3)9(5-7)17-11(13)14/h6-9,13-14H,4-5H2,1-3H3/t7?,8-,9?/m0/s1. The van der Waals surface area contributed by atoms with Crippen LogP contribution in [0.4, 0.5) is 0 Å². The molecule has 0 aromatic rings. The van der Waals surface area contributed by atoms with Crippen LogP contribution in [0.3, 0.4) is 0 Å². The Kier molecular flexibility index (Phi) is 5.29. The van der Waals surface area contributed by atoms with E-state index >= 15 is 0 Å². The van der Waals surface area contributed by atoms with Crippen LogP contribution < -0.4 is 0 Å². The van der Waals surface area contributed by atoms with E-state index in [4.69, 9.17) is 24.7 Å². The Morgan fingerprint density at radius 2 is 1.88 bits per heavy atom. The third kappa shape index (κ3) is 4.21. The molecule has 2 unspecified atom stereocenters. The van der Waals surface area contributed by atoms with Gasteiger partial charge in [0.1, 0.15) is 6.10 Å². The number of hydrogen-bond acceptors (Lipinski definition) is 7. The number of methoxy groups -OCH3 is 1. The lowest BCUT2D eigenvalue weighted by Gasteiger charge is -2.18. The van der Waals surface area contributed by atoms with Gasteiger partial charge >= 0.3 is 5.97 Å². The third-order valence-corrected chi connectivity index (χ3v) is 2.67. The zero-order chi connectivity index (χ0) is 13.0. The Morgan fingerprint density at radius 1 is 1.29 bits per heavy atom. The van der Waals surface area contributed by atoms with Gasteiger partial charge in [0.25, 0.3) is 0 Å². The van der Waals surface area contributed by atoms with Gasteiger partial charge < -0.3 is 9.47 Å². The van der Waals surface area contributed by atoms with Crippen molar-refractivity contribution in [2.24, 2.45) is 5.92 Å². The molecule has 0 bridgehead atoms. The molecule has 7 heteroatoms. The van der Waals surface area contributed by atoms with Crippen molar-refractivity contribution in [1.29, 1.82) is 0 Å². The molecule has 0 aliphatic heterocycles. The molecule has 1 aliphatic carbocycles. The highest BCUT2D eigenvalue weighted by atomic mass is 17.1. The molecule has 2 N–H and O–H groups in total. The van der Waals surface area contributed by atoms with Gasteiger partial charge in [-0.2, -0.15) is 0 Å². The predicted molar refractivity (Wildman–Crippen MR) is 55.0 cm³/mol. The van der Waals surface area contributed by atoms with Gasteiger partial charge in [-0.3, -0.25) is 15.2 Å². The zero-order valence-corrected chi connectivity index (χ0v) is 10.2. The van der Waals surface area contributed by atoms with Gasteiger partial charge in [0.15, 0.2) is 0 Å². The van der Waals surface area contributed by atoms with Crippen LogP contribution in [0, 0.1) is 5.92 Å². The Morgan fingerprint density at radius 3 is 2.35 bits per heavy atom. The molecule has 0 spiro atoms. The minimum absolute atomic E-state index is 0.171. The monoisotopic (exact) mass is 249 g/mol. The van der Waals surface area contributed by atoms with Gasteiger partial charge in [-0.15, -0.1) is 0 Å². The molecule has 1 saturated carbocycles. The van der Waals surface area contributed by atoms with E-state index in [-0.39, 0.29) is 29.5 Å². The molecule has 0 aromatic heterocycles. The molecule has 1 rings (SSSR count). The van der Waals surface area contributed by atoms with Gasteiger partial charge in [0.05, 0.1) is 23.5 Å². The molecule has 0 radical (unpaired) electrons. The van der Waals surface area contributed by atoms with Crippen molar-refractivity contribution in [3.05, 3.63) is 0 Å². The Labute approximate surface area is 99.7 Å². The highest BCUT2D eigenvalue weighted by Gasteiger charge is 2.41. The first kappa shape index (κ1) is 14.3. The van der Waals surface area contributed by atoms with E-state index in [1.165, 1.54) is 7.11 Å². The molecule has 0 aromatic carbocycles. The first-order valence-corrected chi connectivity index (χ1v) is 5.52. The average Bonchev–Trinajstić information content (AvgIpc) is 2.59. The summed E-state index contributed by atoms with van der Waals surface area (Å²) >= 11 is 0. The quantitative estimate of drug-likeness (QED) is 0.548. The van der Waals surface area contributed by atoms with Crippen molar-refractivity contribution in [3.63, 3.8) is 0 Å². The second-order valence-electron chi connectivity index (χ2n) is 4.32. The number of carbonyl (C=O) groups excluding carboxylic acids is 1. The Balaban J connectivity index is 2.53. The summed E-state index contributed by atoms with van der Waals surface area (Å²) in [6.45, 7) is 3.55. The molecular weight excluding hydrogens is 230 g/mol. The maximum atomic E-state index is 11.7. The fourth-order valence-electron chi connectivity index (χ4n) is 1.96. The van der Waals surface area contributed by atoms with Crippen molar-refractivity contribution >= 4 is 5.97 Å². The van der Waals surface area contributed by atoms with Crippen molar-refractivity contribution in [1.82, 2.24) is 5.39 Å². The highest BCUT2D eigenvalue weighted by molar-refractivity contribution is 5.73. The third-order valence-electron chi connectivity index (χ3n) is 2.67. The van der Waals surface area contributed by atoms with Crippen molar-refractivity contribution in [2.75, 3.05) is 7.11 Å². The lowest BCUT2D eigenvalue weighted by molar-refractivity contribution is -0.507. The van der Waals surface area contributed by atoms with Crippen LogP contribution in [-0.2, 0) is 19.1 Å². The van der Waals surface area contributed by atoms with E-state index in [1.807, 2.05) is 0 Å². The molecule has 0 saturated heterocycles. The van der Waals surface area contributed by atoms with Crippen LogP contribution in [0.1, 0.15) is 26.7 Å². The first-order chi connectivity index (χ1) is 7.93. The summed E-state index contributed by atoms with van der Waals surface area (Å²) in [4.78, 5) is 16.4. The number of nitrogens with zero attached hydrogens (tertiary/aromatic N) is 1. The summed E-state index contributed by atoms with van der Waals surface area (Å²) in [5, 5.41) is 16.8. The predicted octanol–water partition coefficient (Wildman–Crippen LogP) is 0.744. The van der Waals surface area contributed by atoms with Crippen LogP contribution in [0.5, 0.6) is 0 Å². The van der Waals surface area contributed by atoms with Gasteiger partial charge in [-0.1, -0.05) is 0 Å². The maximum absolute atomic E-state index is 11.7. The van der Waals surface area contributed by atoms with Gasteiger partial charge in [0.2, 0.25) is 0 Å².